The fourth-order valence-corrected chi connectivity index (χ4v) is 2.55. The smallest absolute Gasteiger partial charge is 0.229 e. The van der Waals surface area contributed by atoms with Crippen molar-refractivity contribution in [2.45, 2.75) is 13.3 Å². The van der Waals surface area contributed by atoms with Gasteiger partial charge in [0, 0.05) is 18.0 Å². The standard InChI is InChI=1S/C16H11F5N4O/c1-6-8-3-7(5-22-16(8)25(2)24-6)23-10(26)4-9-11(17)13(19)15(21)14(20)12(9)18/h3,5H,4H2,1-2H3,(H,23,26). The van der Waals surface area contributed by atoms with E-state index in [1.165, 1.54) is 10.9 Å². The van der Waals surface area contributed by atoms with Gasteiger partial charge in [-0.3, -0.25) is 9.48 Å². The normalized spacial score (nSPS) is 11.2. The van der Waals surface area contributed by atoms with Crippen molar-refractivity contribution in [3.63, 3.8) is 0 Å². The van der Waals surface area contributed by atoms with Gasteiger partial charge in [0.25, 0.3) is 0 Å². The van der Waals surface area contributed by atoms with Crippen LogP contribution >= 0.6 is 0 Å². The van der Waals surface area contributed by atoms with E-state index in [1.54, 1.807) is 20.0 Å². The number of fused-ring (bicyclic) bond motifs is 1. The van der Waals surface area contributed by atoms with Crippen LogP contribution in [0.3, 0.4) is 0 Å². The van der Waals surface area contributed by atoms with E-state index in [9.17, 15) is 26.7 Å². The van der Waals surface area contributed by atoms with Gasteiger partial charge in [-0.05, 0) is 13.0 Å². The highest BCUT2D eigenvalue weighted by Crippen LogP contribution is 2.24. The Morgan fingerprint density at radius 3 is 2.27 bits per heavy atom. The fourth-order valence-electron chi connectivity index (χ4n) is 2.55. The number of aromatic nitrogens is 3. The molecule has 1 N–H and O–H groups in total. The summed E-state index contributed by atoms with van der Waals surface area (Å²) < 4.78 is 68.2. The van der Waals surface area contributed by atoms with Gasteiger partial charge in [0.15, 0.2) is 28.9 Å². The quantitative estimate of drug-likeness (QED) is 0.438. The number of carbonyl (C=O) groups excluding carboxylic acids is 1. The van der Waals surface area contributed by atoms with Crippen LogP contribution in [-0.2, 0) is 18.3 Å². The largest absolute Gasteiger partial charge is 0.324 e. The van der Waals surface area contributed by atoms with Crippen molar-refractivity contribution in [3.8, 4) is 0 Å². The van der Waals surface area contributed by atoms with E-state index in [2.05, 4.69) is 15.4 Å². The van der Waals surface area contributed by atoms with Crippen LogP contribution in [-0.4, -0.2) is 20.7 Å². The molecule has 1 amide bonds. The van der Waals surface area contributed by atoms with Crippen molar-refractivity contribution in [1.29, 1.82) is 0 Å². The number of aryl methyl sites for hydroxylation is 2. The molecule has 10 heteroatoms. The molecule has 0 aliphatic heterocycles. The van der Waals surface area contributed by atoms with Crippen LogP contribution in [0.5, 0.6) is 0 Å². The van der Waals surface area contributed by atoms with Crippen LogP contribution in [0.2, 0.25) is 0 Å². The zero-order chi connectivity index (χ0) is 19.2. The summed E-state index contributed by atoms with van der Waals surface area (Å²) in [4.78, 5) is 16.1. The van der Waals surface area contributed by atoms with Crippen LogP contribution in [0.4, 0.5) is 27.6 Å². The highest BCUT2D eigenvalue weighted by atomic mass is 19.2. The monoisotopic (exact) mass is 370 g/mol. The predicted octanol–water partition coefficient (Wildman–Crippen LogP) is 3.15. The number of nitrogens with zero attached hydrogens (tertiary/aromatic N) is 3. The molecule has 0 bridgehead atoms. The van der Waals surface area contributed by atoms with Gasteiger partial charge in [-0.1, -0.05) is 0 Å². The SMILES string of the molecule is Cc1nn(C)c2ncc(NC(=O)Cc3c(F)c(F)c(F)c(F)c3F)cc12. The van der Waals surface area contributed by atoms with Crippen LogP contribution in [0.25, 0.3) is 11.0 Å². The molecule has 0 saturated heterocycles. The lowest BCUT2D eigenvalue weighted by molar-refractivity contribution is -0.115. The molecule has 0 aliphatic rings. The molecule has 3 rings (SSSR count). The Bertz CT molecular complexity index is 1020. The van der Waals surface area contributed by atoms with Gasteiger partial charge >= 0.3 is 0 Å². The minimum Gasteiger partial charge on any atom is -0.324 e. The van der Waals surface area contributed by atoms with Gasteiger partial charge in [0.2, 0.25) is 11.7 Å². The Morgan fingerprint density at radius 2 is 1.65 bits per heavy atom. The average molecular weight is 370 g/mol. The molecule has 0 saturated carbocycles. The molecule has 136 valence electrons. The fraction of sp³-hybridized carbons (Fsp3) is 0.188. The van der Waals surface area contributed by atoms with Gasteiger partial charge in [-0.2, -0.15) is 5.10 Å². The Balaban J connectivity index is 1.87. The van der Waals surface area contributed by atoms with Crippen molar-refractivity contribution < 1.29 is 26.7 Å². The lowest BCUT2D eigenvalue weighted by Gasteiger charge is -2.09. The minimum absolute atomic E-state index is 0.197. The van der Waals surface area contributed by atoms with Crippen molar-refractivity contribution >= 4 is 22.6 Å². The molecule has 0 fully saturated rings. The van der Waals surface area contributed by atoms with Gasteiger partial charge in [-0.25, -0.2) is 26.9 Å². The second kappa shape index (κ2) is 6.36. The molecule has 1 aromatic carbocycles. The van der Waals surface area contributed by atoms with E-state index in [1.807, 2.05) is 0 Å². The van der Waals surface area contributed by atoms with Crippen molar-refractivity contribution in [2.24, 2.45) is 7.05 Å². The van der Waals surface area contributed by atoms with Gasteiger partial charge < -0.3 is 5.32 Å². The van der Waals surface area contributed by atoms with Crippen molar-refractivity contribution in [1.82, 2.24) is 14.8 Å². The number of hydrogen-bond donors (Lipinski definition) is 1. The maximum Gasteiger partial charge on any atom is 0.229 e. The van der Waals surface area contributed by atoms with E-state index in [0.29, 0.717) is 16.7 Å². The molecule has 2 aromatic heterocycles. The van der Waals surface area contributed by atoms with Crippen LogP contribution in [0.1, 0.15) is 11.3 Å². The van der Waals surface area contributed by atoms with E-state index in [-0.39, 0.29) is 5.69 Å². The molecule has 3 aromatic rings. The first-order valence-corrected chi connectivity index (χ1v) is 7.30. The molecule has 0 spiro atoms. The molecular formula is C16H11F5N4O. The highest BCUT2D eigenvalue weighted by Gasteiger charge is 2.27. The number of amides is 1. The van der Waals surface area contributed by atoms with Crippen molar-refractivity contribution in [3.05, 3.63) is 52.6 Å². The lowest BCUT2D eigenvalue weighted by Crippen LogP contribution is -2.18. The van der Waals surface area contributed by atoms with E-state index < -0.39 is 47.0 Å². The second-order valence-corrected chi connectivity index (χ2v) is 5.58. The maximum absolute atomic E-state index is 13.6. The number of anilines is 1. The predicted molar refractivity (Wildman–Crippen MR) is 81.8 cm³/mol. The summed E-state index contributed by atoms with van der Waals surface area (Å²) in [6, 6.07) is 1.54. The summed E-state index contributed by atoms with van der Waals surface area (Å²) in [5, 5.41) is 7.11. The maximum atomic E-state index is 13.6. The Labute approximate surface area is 143 Å². The molecule has 0 unspecified atom stereocenters. The topological polar surface area (TPSA) is 59.8 Å². The van der Waals surface area contributed by atoms with E-state index in [0.717, 1.165) is 0 Å². The second-order valence-electron chi connectivity index (χ2n) is 5.58. The zero-order valence-electron chi connectivity index (χ0n) is 13.5. The first-order valence-electron chi connectivity index (χ1n) is 7.30. The summed E-state index contributed by atoms with van der Waals surface area (Å²) in [7, 11) is 1.68. The van der Waals surface area contributed by atoms with Crippen LogP contribution < -0.4 is 5.32 Å². The number of pyridine rings is 1. The summed E-state index contributed by atoms with van der Waals surface area (Å²) in [6.45, 7) is 1.73. The summed E-state index contributed by atoms with van der Waals surface area (Å²) >= 11 is 0. The van der Waals surface area contributed by atoms with E-state index >= 15 is 0 Å². The number of benzene rings is 1. The van der Waals surface area contributed by atoms with Crippen molar-refractivity contribution in [2.75, 3.05) is 5.32 Å². The number of nitrogens with one attached hydrogen (secondary N) is 1. The average Bonchev–Trinajstić information content (AvgIpc) is 2.89. The first kappa shape index (κ1) is 17.8. The number of hydrogen-bond acceptors (Lipinski definition) is 3. The first-order chi connectivity index (χ1) is 12.2. The summed E-state index contributed by atoms with van der Waals surface area (Å²) in [5.74, 6) is -11.5. The summed E-state index contributed by atoms with van der Waals surface area (Å²) in [6.07, 6.45) is 0.260. The van der Waals surface area contributed by atoms with Crippen LogP contribution in [0, 0.1) is 36.0 Å². The molecule has 26 heavy (non-hydrogen) atoms. The number of halogens is 5. The third-order valence-corrected chi connectivity index (χ3v) is 3.78. The number of rotatable bonds is 3. The Hall–Kier alpha value is -3.04. The minimum atomic E-state index is -2.27. The molecular weight excluding hydrogens is 359 g/mol. The molecule has 2 heterocycles. The molecule has 0 radical (unpaired) electrons. The molecule has 5 nitrogen and oxygen atoms in total. The molecule has 0 aliphatic carbocycles. The lowest BCUT2D eigenvalue weighted by atomic mass is 10.1. The van der Waals surface area contributed by atoms with Gasteiger partial charge in [-0.15, -0.1) is 0 Å². The zero-order valence-corrected chi connectivity index (χ0v) is 13.5. The highest BCUT2D eigenvalue weighted by molar-refractivity contribution is 5.94. The third-order valence-electron chi connectivity index (χ3n) is 3.78. The number of carbonyl (C=O) groups is 1. The Kier molecular flexibility index (Phi) is 4.34. The summed E-state index contributed by atoms with van der Waals surface area (Å²) in [5.41, 5.74) is 0.194. The van der Waals surface area contributed by atoms with Gasteiger partial charge in [0.1, 0.15) is 0 Å². The van der Waals surface area contributed by atoms with Crippen LogP contribution in [0.15, 0.2) is 12.3 Å². The third kappa shape index (κ3) is 2.87. The Morgan fingerprint density at radius 1 is 1.08 bits per heavy atom. The molecule has 0 atom stereocenters. The van der Waals surface area contributed by atoms with E-state index in [4.69, 9.17) is 0 Å². The van der Waals surface area contributed by atoms with Gasteiger partial charge in [0.05, 0.1) is 24.0 Å².